The summed E-state index contributed by atoms with van der Waals surface area (Å²) in [6.07, 6.45) is 0. The maximum Gasteiger partial charge on any atom is 0.267 e. The Balaban J connectivity index is 1.53. The molecule has 8 nitrogen and oxygen atoms in total. The summed E-state index contributed by atoms with van der Waals surface area (Å²) in [6, 6.07) is 17.6. The number of carbonyl (C=O) groups excluding carboxylic acids is 1. The highest BCUT2D eigenvalue weighted by Crippen LogP contribution is 2.20. The van der Waals surface area contributed by atoms with E-state index in [-0.39, 0.29) is 18.0 Å². The van der Waals surface area contributed by atoms with E-state index in [4.69, 9.17) is 14.2 Å². The molecule has 3 rings (SSSR count). The third-order valence-corrected chi connectivity index (χ3v) is 4.37. The Morgan fingerprint density at radius 3 is 2.26 bits per heavy atom. The Morgan fingerprint density at radius 1 is 0.935 bits per heavy atom. The lowest BCUT2D eigenvalue weighted by molar-refractivity contribution is -0.122. The molecule has 0 aliphatic carbocycles. The Hall–Kier alpha value is -3.81. The van der Waals surface area contributed by atoms with Crippen molar-refractivity contribution in [3.8, 4) is 28.5 Å². The highest BCUT2D eigenvalue weighted by atomic mass is 16.5. The molecule has 0 bridgehead atoms. The predicted molar refractivity (Wildman–Crippen MR) is 117 cm³/mol. The van der Waals surface area contributed by atoms with Gasteiger partial charge in [0.05, 0.1) is 26.0 Å². The second-order valence-electron chi connectivity index (χ2n) is 6.55. The molecule has 2 aromatic carbocycles. The molecule has 1 N–H and O–H groups in total. The van der Waals surface area contributed by atoms with Crippen molar-refractivity contribution in [2.75, 3.05) is 26.9 Å². The molecule has 0 aliphatic heterocycles. The molecule has 0 radical (unpaired) electrons. The van der Waals surface area contributed by atoms with Crippen LogP contribution in [0.3, 0.4) is 0 Å². The van der Waals surface area contributed by atoms with E-state index in [0.717, 1.165) is 21.7 Å². The van der Waals surface area contributed by atoms with Crippen LogP contribution in [0.25, 0.3) is 11.3 Å². The van der Waals surface area contributed by atoms with Gasteiger partial charge in [-0.05, 0) is 61.5 Å². The van der Waals surface area contributed by atoms with Crippen molar-refractivity contribution in [1.82, 2.24) is 15.1 Å². The first-order chi connectivity index (χ1) is 15.1. The molecule has 162 valence electrons. The summed E-state index contributed by atoms with van der Waals surface area (Å²) < 4.78 is 17.2. The highest BCUT2D eigenvalue weighted by Gasteiger charge is 2.08. The number of rotatable bonds is 10. The first-order valence-electron chi connectivity index (χ1n) is 9.94. The van der Waals surface area contributed by atoms with Crippen LogP contribution >= 0.6 is 0 Å². The minimum Gasteiger partial charge on any atom is -0.497 e. The van der Waals surface area contributed by atoms with Gasteiger partial charge in [0, 0.05) is 11.6 Å². The van der Waals surface area contributed by atoms with Crippen LogP contribution in [0.2, 0.25) is 0 Å². The molecule has 1 amide bonds. The van der Waals surface area contributed by atoms with Crippen LogP contribution in [0.1, 0.15) is 6.92 Å². The molecule has 0 fully saturated rings. The number of nitrogens with zero attached hydrogens (tertiary/aromatic N) is 2. The van der Waals surface area contributed by atoms with E-state index in [2.05, 4.69) is 10.4 Å². The molecular weight excluding hydrogens is 398 g/mol. The van der Waals surface area contributed by atoms with E-state index in [1.165, 1.54) is 6.07 Å². The van der Waals surface area contributed by atoms with Crippen molar-refractivity contribution in [3.63, 3.8) is 0 Å². The summed E-state index contributed by atoms with van der Waals surface area (Å²) in [7, 11) is 1.60. The fraction of sp³-hybridized carbons (Fsp3) is 0.261. The summed E-state index contributed by atoms with van der Waals surface area (Å²) in [5, 5.41) is 7.04. The molecule has 0 atom stereocenters. The summed E-state index contributed by atoms with van der Waals surface area (Å²) in [5.41, 5.74) is 1.07. The average Bonchev–Trinajstić information content (AvgIpc) is 2.79. The van der Waals surface area contributed by atoms with Gasteiger partial charge in [0.25, 0.3) is 5.56 Å². The van der Waals surface area contributed by atoms with E-state index >= 15 is 0 Å². The van der Waals surface area contributed by atoms with Crippen LogP contribution < -0.4 is 25.1 Å². The normalized spacial score (nSPS) is 10.4. The highest BCUT2D eigenvalue weighted by molar-refractivity contribution is 5.75. The Labute approximate surface area is 180 Å². The number of nitrogens with one attached hydrogen (secondary N) is 1. The predicted octanol–water partition coefficient (Wildman–Crippen LogP) is 2.51. The molecule has 1 heterocycles. The number of ether oxygens (including phenoxy) is 3. The summed E-state index contributed by atoms with van der Waals surface area (Å²) >= 11 is 0. The van der Waals surface area contributed by atoms with Crippen molar-refractivity contribution in [1.29, 1.82) is 0 Å². The summed E-state index contributed by atoms with van der Waals surface area (Å²) in [4.78, 5) is 24.3. The SMILES string of the molecule is CCOc1ccc(-c2ccc(=O)n(CC(=O)NCCOc3ccc(OC)cc3)n2)cc1. The van der Waals surface area contributed by atoms with Gasteiger partial charge in [0.1, 0.15) is 30.4 Å². The largest absolute Gasteiger partial charge is 0.497 e. The fourth-order valence-electron chi connectivity index (χ4n) is 2.83. The van der Waals surface area contributed by atoms with E-state index in [1.807, 2.05) is 31.2 Å². The lowest BCUT2D eigenvalue weighted by Gasteiger charge is -2.10. The average molecular weight is 423 g/mol. The smallest absolute Gasteiger partial charge is 0.267 e. The number of aromatic nitrogens is 2. The van der Waals surface area contributed by atoms with Gasteiger partial charge in [-0.15, -0.1) is 0 Å². The van der Waals surface area contributed by atoms with E-state index in [1.54, 1.807) is 37.4 Å². The number of benzene rings is 2. The molecule has 31 heavy (non-hydrogen) atoms. The maximum absolute atomic E-state index is 12.2. The van der Waals surface area contributed by atoms with Crippen molar-refractivity contribution < 1.29 is 19.0 Å². The van der Waals surface area contributed by atoms with Crippen molar-refractivity contribution in [2.24, 2.45) is 0 Å². The van der Waals surface area contributed by atoms with Gasteiger partial charge in [0.2, 0.25) is 5.91 Å². The zero-order valence-electron chi connectivity index (χ0n) is 17.5. The number of hydrogen-bond donors (Lipinski definition) is 1. The van der Waals surface area contributed by atoms with Crippen LogP contribution in [0, 0.1) is 0 Å². The van der Waals surface area contributed by atoms with Crippen LogP contribution in [-0.2, 0) is 11.3 Å². The summed E-state index contributed by atoms with van der Waals surface area (Å²) in [5.74, 6) is 1.86. The van der Waals surface area contributed by atoms with Crippen LogP contribution in [0.4, 0.5) is 0 Å². The minimum atomic E-state index is -0.348. The molecule has 8 heteroatoms. The first-order valence-corrected chi connectivity index (χ1v) is 9.94. The molecule has 0 saturated carbocycles. The Bertz CT molecular complexity index is 1050. The zero-order valence-corrected chi connectivity index (χ0v) is 17.5. The molecule has 0 spiro atoms. The maximum atomic E-state index is 12.2. The Kier molecular flexibility index (Phi) is 7.64. The van der Waals surface area contributed by atoms with Crippen molar-refractivity contribution >= 4 is 5.91 Å². The van der Waals surface area contributed by atoms with E-state index < -0.39 is 0 Å². The second-order valence-corrected chi connectivity index (χ2v) is 6.55. The molecule has 0 saturated heterocycles. The van der Waals surface area contributed by atoms with E-state index in [0.29, 0.717) is 31.2 Å². The number of methoxy groups -OCH3 is 1. The second kappa shape index (κ2) is 10.8. The zero-order chi connectivity index (χ0) is 22.1. The van der Waals surface area contributed by atoms with Gasteiger partial charge in [-0.2, -0.15) is 5.10 Å². The van der Waals surface area contributed by atoms with Gasteiger partial charge in [-0.25, -0.2) is 4.68 Å². The van der Waals surface area contributed by atoms with E-state index in [9.17, 15) is 9.59 Å². The Morgan fingerprint density at radius 2 is 1.58 bits per heavy atom. The number of amides is 1. The monoisotopic (exact) mass is 423 g/mol. The van der Waals surface area contributed by atoms with Crippen LogP contribution in [-0.4, -0.2) is 42.6 Å². The molecule has 0 unspecified atom stereocenters. The summed E-state index contributed by atoms with van der Waals surface area (Å²) in [6.45, 7) is 2.93. The standard InChI is InChI=1S/C23H25N3O5/c1-3-30-19-6-4-17(5-7-19)21-12-13-23(28)26(25-21)16-22(27)24-14-15-31-20-10-8-18(29-2)9-11-20/h4-13H,3,14-16H2,1-2H3,(H,24,27). The van der Waals surface area contributed by atoms with Gasteiger partial charge in [-0.3, -0.25) is 9.59 Å². The molecule has 3 aromatic rings. The lowest BCUT2D eigenvalue weighted by atomic mass is 10.1. The lowest BCUT2D eigenvalue weighted by Crippen LogP contribution is -2.35. The number of carbonyl (C=O) groups is 1. The minimum absolute atomic E-state index is 0.174. The first kappa shape index (κ1) is 21.9. The molecule has 1 aromatic heterocycles. The van der Waals surface area contributed by atoms with Gasteiger partial charge < -0.3 is 19.5 Å². The topological polar surface area (TPSA) is 91.7 Å². The molecular formula is C23H25N3O5. The van der Waals surface area contributed by atoms with Gasteiger partial charge in [-0.1, -0.05) is 0 Å². The third-order valence-electron chi connectivity index (χ3n) is 4.37. The third kappa shape index (κ3) is 6.33. The van der Waals surface area contributed by atoms with Gasteiger partial charge >= 0.3 is 0 Å². The quantitative estimate of drug-likeness (QED) is 0.504. The van der Waals surface area contributed by atoms with Crippen molar-refractivity contribution in [2.45, 2.75) is 13.5 Å². The van der Waals surface area contributed by atoms with Crippen LogP contribution in [0.15, 0.2) is 65.5 Å². The van der Waals surface area contributed by atoms with Crippen molar-refractivity contribution in [3.05, 3.63) is 71.0 Å². The fourth-order valence-corrected chi connectivity index (χ4v) is 2.83. The van der Waals surface area contributed by atoms with Gasteiger partial charge in [0.15, 0.2) is 0 Å². The van der Waals surface area contributed by atoms with Crippen LogP contribution in [0.5, 0.6) is 17.2 Å². The molecule has 0 aliphatic rings. The number of hydrogen-bond acceptors (Lipinski definition) is 6.